The molecule has 0 aliphatic heterocycles. The summed E-state index contributed by atoms with van der Waals surface area (Å²) in [5.41, 5.74) is 1.68. The number of benzene rings is 2. The molecule has 0 heterocycles. The zero-order chi connectivity index (χ0) is 20.4. The molecular weight excluding hydrogens is 356 g/mol. The van der Waals surface area contributed by atoms with Crippen LogP contribution < -0.4 is 15.4 Å². The first-order valence-electron chi connectivity index (χ1n) is 9.09. The van der Waals surface area contributed by atoms with Gasteiger partial charge in [-0.15, -0.1) is 0 Å². The third kappa shape index (κ3) is 7.07. The summed E-state index contributed by atoms with van der Waals surface area (Å²) in [6.45, 7) is 3.37. The summed E-state index contributed by atoms with van der Waals surface area (Å²) in [6.07, 6.45) is 5.92. The van der Waals surface area contributed by atoms with E-state index in [1.54, 1.807) is 48.5 Å². The van der Waals surface area contributed by atoms with E-state index >= 15 is 0 Å². The molecule has 0 saturated heterocycles. The van der Waals surface area contributed by atoms with E-state index in [4.69, 9.17) is 4.74 Å². The van der Waals surface area contributed by atoms with Crippen LogP contribution in [0.25, 0.3) is 0 Å². The van der Waals surface area contributed by atoms with Crippen LogP contribution in [-0.4, -0.2) is 17.8 Å². The molecule has 6 nitrogen and oxygen atoms in total. The molecule has 0 atom stereocenters. The van der Waals surface area contributed by atoms with Gasteiger partial charge >= 0.3 is 5.97 Å². The van der Waals surface area contributed by atoms with E-state index in [-0.39, 0.29) is 17.8 Å². The van der Waals surface area contributed by atoms with Crippen molar-refractivity contribution in [3.63, 3.8) is 0 Å². The van der Waals surface area contributed by atoms with Gasteiger partial charge in [-0.25, -0.2) is 0 Å². The number of allylic oxidation sites excluding steroid dienone is 2. The second-order valence-corrected chi connectivity index (χ2v) is 6.17. The maximum atomic E-state index is 12.3. The van der Waals surface area contributed by atoms with Crippen LogP contribution in [0, 0.1) is 0 Å². The fourth-order valence-electron chi connectivity index (χ4n) is 2.43. The van der Waals surface area contributed by atoms with E-state index < -0.39 is 0 Å². The Kier molecular flexibility index (Phi) is 7.96. The lowest BCUT2D eigenvalue weighted by molar-refractivity contribution is -0.134. The number of hydrogen-bond donors (Lipinski definition) is 2. The third-order valence-electron chi connectivity index (χ3n) is 3.80. The molecule has 2 N–H and O–H groups in total. The Morgan fingerprint density at radius 1 is 0.929 bits per heavy atom. The number of nitrogens with one attached hydrogen (secondary N) is 2. The van der Waals surface area contributed by atoms with E-state index in [1.165, 1.54) is 6.92 Å². The molecule has 2 amide bonds. The SMILES string of the molecule is C/C=C\CCCC(=O)Oc1ccc(NC(=O)c2ccc(NC(C)=O)cc2)cc1. The monoisotopic (exact) mass is 380 g/mol. The van der Waals surface area contributed by atoms with Crippen molar-refractivity contribution < 1.29 is 19.1 Å². The largest absolute Gasteiger partial charge is 0.427 e. The summed E-state index contributed by atoms with van der Waals surface area (Å²) in [4.78, 5) is 35.1. The summed E-state index contributed by atoms with van der Waals surface area (Å²) in [5, 5.41) is 5.42. The summed E-state index contributed by atoms with van der Waals surface area (Å²) in [7, 11) is 0. The zero-order valence-electron chi connectivity index (χ0n) is 16.0. The van der Waals surface area contributed by atoms with Crippen molar-refractivity contribution >= 4 is 29.2 Å². The molecule has 0 fully saturated rings. The number of rotatable bonds is 8. The molecule has 0 aliphatic carbocycles. The molecule has 0 saturated carbocycles. The van der Waals surface area contributed by atoms with Crippen molar-refractivity contribution in [2.24, 2.45) is 0 Å². The van der Waals surface area contributed by atoms with Crippen LogP contribution in [0.1, 0.15) is 43.5 Å². The first kappa shape index (κ1) is 20.9. The van der Waals surface area contributed by atoms with E-state index in [0.717, 1.165) is 12.8 Å². The molecule has 2 aromatic rings. The van der Waals surface area contributed by atoms with Crippen LogP contribution in [0.2, 0.25) is 0 Å². The van der Waals surface area contributed by atoms with Gasteiger partial charge in [-0.2, -0.15) is 0 Å². The Hall–Kier alpha value is -3.41. The average molecular weight is 380 g/mol. The number of carbonyl (C=O) groups excluding carboxylic acids is 3. The Morgan fingerprint density at radius 3 is 2.14 bits per heavy atom. The fraction of sp³-hybridized carbons (Fsp3) is 0.227. The van der Waals surface area contributed by atoms with E-state index in [2.05, 4.69) is 10.6 Å². The second kappa shape index (κ2) is 10.7. The minimum Gasteiger partial charge on any atom is -0.427 e. The first-order chi connectivity index (χ1) is 13.5. The van der Waals surface area contributed by atoms with Crippen LogP contribution in [0.15, 0.2) is 60.7 Å². The quantitative estimate of drug-likeness (QED) is 0.305. The van der Waals surface area contributed by atoms with Crippen LogP contribution >= 0.6 is 0 Å². The minimum atomic E-state index is -0.277. The molecule has 0 aromatic heterocycles. The predicted molar refractivity (Wildman–Crippen MR) is 109 cm³/mol. The molecule has 0 unspecified atom stereocenters. The van der Waals surface area contributed by atoms with E-state index in [0.29, 0.717) is 29.1 Å². The molecule has 0 bridgehead atoms. The van der Waals surface area contributed by atoms with Gasteiger partial charge in [-0.3, -0.25) is 14.4 Å². The highest BCUT2D eigenvalue weighted by molar-refractivity contribution is 6.04. The van der Waals surface area contributed by atoms with Gasteiger partial charge in [-0.1, -0.05) is 12.2 Å². The number of anilines is 2. The van der Waals surface area contributed by atoms with Crippen molar-refractivity contribution in [3.8, 4) is 5.75 Å². The lowest BCUT2D eigenvalue weighted by Gasteiger charge is -2.08. The summed E-state index contributed by atoms with van der Waals surface area (Å²) >= 11 is 0. The van der Waals surface area contributed by atoms with Gasteiger partial charge in [0.2, 0.25) is 5.91 Å². The number of hydrogen-bond acceptors (Lipinski definition) is 4. The zero-order valence-corrected chi connectivity index (χ0v) is 16.0. The predicted octanol–water partition coefficient (Wildman–Crippen LogP) is 4.55. The summed E-state index contributed by atoms with van der Waals surface area (Å²) < 4.78 is 5.27. The molecule has 0 spiro atoms. The highest BCUT2D eigenvalue weighted by Gasteiger charge is 2.08. The minimum absolute atomic E-state index is 0.171. The highest BCUT2D eigenvalue weighted by Crippen LogP contribution is 2.18. The second-order valence-electron chi connectivity index (χ2n) is 6.17. The highest BCUT2D eigenvalue weighted by atomic mass is 16.5. The van der Waals surface area contributed by atoms with Gasteiger partial charge in [0.15, 0.2) is 0 Å². The fourth-order valence-corrected chi connectivity index (χ4v) is 2.43. The molecule has 0 radical (unpaired) electrons. The Bertz CT molecular complexity index is 840. The Morgan fingerprint density at radius 2 is 1.54 bits per heavy atom. The lowest BCUT2D eigenvalue weighted by atomic mass is 10.2. The van der Waals surface area contributed by atoms with Gasteiger partial charge in [0, 0.05) is 30.3 Å². The van der Waals surface area contributed by atoms with Gasteiger partial charge in [0.1, 0.15) is 5.75 Å². The van der Waals surface area contributed by atoms with Crippen molar-refractivity contribution in [1.29, 1.82) is 0 Å². The maximum Gasteiger partial charge on any atom is 0.311 e. The van der Waals surface area contributed by atoms with Crippen molar-refractivity contribution in [1.82, 2.24) is 0 Å². The number of amides is 2. The van der Waals surface area contributed by atoms with Gasteiger partial charge in [-0.05, 0) is 68.3 Å². The molecule has 2 rings (SSSR count). The van der Waals surface area contributed by atoms with E-state index in [9.17, 15) is 14.4 Å². The maximum absolute atomic E-state index is 12.3. The van der Waals surface area contributed by atoms with Gasteiger partial charge in [0.25, 0.3) is 5.91 Å². The van der Waals surface area contributed by atoms with Crippen LogP contribution in [0.4, 0.5) is 11.4 Å². The Balaban J connectivity index is 1.86. The molecule has 146 valence electrons. The van der Waals surface area contributed by atoms with Crippen molar-refractivity contribution in [2.45, 2.75) is 33.1 Å². The standard InChI is InChI=1S/C22H24N2O4/c1-3-4-5-6-7-21(26)28-20-14-12-19(13-15-20)24-22(27)17-8-10-18(11-9-17)23-16(2)25/h3-4,8-15H,5-7H2,1-2H3,(H,23,25)(H,24,27)/b4-3-. The molecule has 0 aliphatic rings. The lowest BCUT2D eigenvalue weighted by Crippen LogP contribution is -2.12. The Labute approximate surface area is 164 Å². The molecule has 28 heavy (non-hydrogen) atoms. The smallest absolute Gasteiger partial charge is 0.311 e. The first-order valence-corrected chi connectivity index (χ1v) is 9.09. The average Bonchev–Trinajstić information content (AvgIpc) is 2.67. The van der Waals surface area contributed by atoms with Crippen LogP contribution in [0.5, 0.6) is 5.75 Å². The topological polar surface area (TPSA) is 84.5 Å². The van der Waals surface area contributed by atoms with Gasteiger partial charge < -0.3 is 15.4 Å². The van der Waals surface area contributed by atoms with E-state index in [1.807, 2.05) is 19.1 Å². The number of esters is 1. The molecular formula is C22H24N2O4. The van der Waals surface area contributed by atoms with Crippen molar-refractivity contribution in [2.75, 3.05) is 10.6 Å². The van der Waals surface area contributed by atoms with Crippen LogP contribution in [0.3, 0.4) is 0 Å². The summed E-state index contributed by atoms with van der Waals surface area (Å²) in [5.74, 6) is -0.284. The normalized spacial score (nSPS) is 10.5. The number of carbonyl (C=O) groups is 3. The number of unbranched alkanes of at least 4 members (excludes halogenated alkanes) is 1. The molecule has 2 aromatic carbocycles. The third-order valence-corrected chi connectivity index (χ3v) is 3.80. The number of ether oxygens (including phenoxy) is 1. The van der Waals surface area contributed by atoms with Crippen molar-refractivity contribution in [3.05, 3.63) is 66.2 Å². The molecule has 6 heteroatoms. The van der Waals surface area contributed by atoms with Gasteiger partial charge in [0.05, 0.1) is 0 Å². The summed E-state index contributed by atoms with van der Waals surface area (Å²) in [6, 6.07) is 13.2. The van der Waals surface area contributed by atoms with Crippen LogP contribution in [-0.2, 0) is 9.59 Å².